The van der Waals surface area contributed by atoms with Crippen molar-refractivity contribution in [1.82, 2.24) is 25.7 Å². The lowest BCUT2D eigenvalue weighted by Gasteiger charge is -2.18. The van der Waals surface area contributed by atoms with Gasteiger partial charge in [-0.2, -0.15) is 5.10 Å². The summed E-state index contributed by atoms with van der Waals surface area (Å²) >= 11 is 0. The highest BCUT2D eigenvalue weighted by molar-refractivity contribution is 14.0. The molecule has 1 aromatic heterocycles. The van der Waals surface area contributed by atoms with Crippen LogP contribution in [-0.2, 0) is 24.8 Å². The quantitative estimate of drug-likeness (QED) is 0.288. The normalized spacial score (nSPS) is 12.1. The number of halogens is 1. The molecule has 0 saturated heterocycles. The largest absolute Gasteiger partial charge is 0.357 e. The van der Waals surface area contributed by atoms with Crippen LogP contribution in [0.25, 0.3) is 0 Å². The number of carbonyl (C=O) groups excluding carboxylic acids is 1. The summed E-state index contributed by atoms with van der Waals surface area (Å²) < 4.78 is 1.91. The second-order valence-corrected chi connectivity index (χ2v) is 6.98. The molecule has 0 bridgehead atoms. The van der Waals surface area contributed by atoms with Gasteiger partial charge in [0.25, 0.3) is 0 Å². The Kier molecular flexibility index (Phi) is 10.7. The van der Waals surface area contributed by atoms with Crippen LogP contribution in [-0.4, -0.2) is 40.8 Å². The summed E-state index contributed by atoms with van der Waals surface area (Å²) in [6.07, 6.45) is 0.843. The molecular formula is C21H33IN6O. The number of rotatable bonds is 8. The molecule has 1 atom stereocenters. The summed E-state index contributed by atoms with van der Waals surface area (Å²) in [6, 6.07) is 10.0. The number of hydrogen-bond donors (Lipinski definition) is 3. The maximum Gasteiger partial charge on any atom is 0.242 e. The van der Waals surface area contributed by atoms with Crippen LogP contribution in [0.2, 0.25) is 0 Å². The number of carbonyl (C=O) groups is 1. The second kappa shape index (κ2) is 12.5. The number of aromatic nitrogens is 2. The first kappa shape index (κ1) is 24.9. The van der Waals surface area contributed by atoms with E-state index in [9.17, 15) is 4.79 Å². The van der Waals surface area contributed by atoms with E-state index in [0.29, 0.717) is 12.5 Å². The van der Waals surface area contributed by atoms with Crippen LogP contribution in [0.5, 0.6) is 0 Å². The van der Waals surface area contributed by atoms with Gasteiger partial charge in [0.15, 0.2) is 5.96 Å². The van der Waals surface area contributed by atoms with Crippen molar-refractivity contribution in [2.45, 2.75) is 46.7 Å². The molecule has 8 heteroatoms. The Morgan fingerprint density at radius 3 is 2.48 bits per heavy atom. The lowest BCUT2D eigenvalue weighted by atomic mass is 10.1. The molecule has 0 aliphatic carbocycles. The molecule has 0 spiro atoms. The number of aryl methyl sites for hydroxylation is 2. The molecule has 0 radical (unpaired) electrons. The predicted molar refractivity (Wildman–Crippen MR) is 129 cm³/mol. The monoisotopic (exact) mass is 512 g/mol. The second-order valence-electron chi connectivity index (χ2n) is 6.98. The Bertz CT molecular complexity index is 803. The molecule has 2 rings (SSSR count). The minimum atomic E-state index is -0.104. The molecule has 1 unspecified atom stereocenters. The zero-order chi connectivity index (χ0) is 20.5. The first-order chi connectivity index (χ1) is 13.4. The van der Waals surface area contributed by atoms with Crippen LogP contribution < -0.4 is 16.0 Å². The summed E-state index contributed by atoms with van der Waals surface area (Å²) in [4.78, 5) is 16.5. The number of hydrogen-bond acceptors (Lipinski definition) is 3. The summed E-state index contributed by atoms with van der Waals surface area (Å²) in [7, 11) is 1.96. The molecular weight excluding hydrogens is 479 g/mol. The Morgan fingerprint density at radius 1 is 1.21 bits per heavy atom. The Morgan fingerprint density at radius 2 is 1.90 bits per heavy atom. The number of benzene rings is 1. The summed E-state index contributed by atoms with van der Waals surface area (Å²) in [5, 5.41) is 14.0. The minimum absolute atomic E-state index is 0. The predicted octanol–water partition coefficient (Wildman–Crippen LogP) is 2.46. The highest BCUT2D eigenvalue weighted by Gasteiger charge is 2.14. The molecule has 0 aliphatic rings. The maximum absolute atomic E-state index is 12.1. The van der Waals surface area contributed by atoms with Crippen LogP contribution in [0.1, 0.15) is 36.4 Å². The molecule has 3 N–H and O–H groups in total. The van der Waals surface area contributed by atoms with Gasteiger partial charge in [-0.05, 0) is 45.2 Å². The smallest absolute Gasteiger partial charge is 0.242 e. The van der Waals surface area contributed by atoms with Crippen molar-refractivity contribution in [2.75, 3.05) is 13.1 Å². The molecule has 7 nitrogen and oxygen atoms in total. The first-order valence-corrected chi connectivity index (χ1v) is 9.75. The molecule has 1 aromatic carbocycles. The van der Waals surface area contributed by atoms with E-state index in [1.54, 1.807) is 0 Å². The standard InChI is InChI=1S/C21H32N6O.HI/c1-6-22-21(24-14-20(28)23-13-18-10-8-7-9-11-18)25-15(2)12-19-16(3)26-27(5)17(19)4;/h7-11,15H,6,12-14H2,1-5H3,(H,23,28)(H2,22,24,25);1H. The molecule has 1 heterocycles. The van der Waals surface area contributed by atoms with Gasteiger partial charge in [0.05, 0.1) is 5.69 Å². The van der Waals surface area contributed by atoms with Crippen molar-refractivity contribution in [3.8, 4) is 0 Å². The SMILES string of the molecule is CCNC(=NCC(=O)NCc1ccccc1)NC(C)Cc1c(C)nn(C)c1C.I. The zero-order valence-electron chi connectivity index (χ0n) is 18.0. The number of nitrogens with zero attached hydrogens (tertiary/aromatic N) is 3. The molecule has 0 aliphatic heterocycles. The van der Waals surface area contributed by atoms with Gasteiger partial charge in [-0.25, -0.2) is 4.99 Å². The molecule has 0 saturated carbocycles. The van der Waals surface area contributed by atoms with Crippen LogP contribution in [0.15, 0.2) is 35.3 Å². The third-order valence-electron chi connectivity index (χ3n) is 4.61. The summed E-state index contributed by atoms with van der Waals surface area (Å²) in [5.74, 6) is 0.539. The molecule has 2 aromatic rings. The Hall–Kier alpha value is -2.10. The number of aliphatic imine (C=N–C) groups is 1. The fourth-order valence-corrected chi connectivity index (χ4v) is 3.03. The van der Waals surface area contributed by atoms with Gasteiger partial charge in [-0.3, -0.25) is 9.48 Å². The van der Waals surface area contributed by atoms with E-state index in [4.69, 9.17) is 0 Å². The first-order valence-electron chi connectivity index (χ1n) is 9.75. The molecule has 160 valence electrons. The minimum Gasteiger partial charge on any atom is -0.357 e. The summed E-state index contributed by atoms with van der Waals surface area (Å²) in [6.45, 7) is 9.55. The van der Waals surface area contributed by atoms with Crippen molar-refractivity contribution in [2.24, 2.45) is 12.0 Å². The fraction of sp³-hybridized carbons (Fsp3) is 0.476. The highest BCUT2D eigenvalue weighted by atomic mass is 127. The third kappa shape index (κ3) is 8.04. The summed E-state index contributed by atoms with van der Waals surface area (Å²) in [5.41, 5.74) is 4.55. The van der Waals surface area contributed by atoms with Crippen molar-refractivity contribution in [3.63, 3.8) is 0 Å². The van der Waals surface area contributed by atoms with E-state index in [1.165, 1.54) is 11.3 Å². The lowest BCUT2D eigenvalue weighted by molar-refractivity contribution is -0.119. The van der Waals surface area contributed by atoms with Crippen LogP contribution in [0.3, 0.4) is 0 Å². The molecule has 29 heavy (non-hydrogen) atoms. The van der Waals surface area contributed by atoms with Crippen molar-refractivity contribution < 1.29 is 4.79 Å². The van der Waals surface area contributed by atoms with Gasteiger partial charge >= 0.3 is 0 Å². The van der Waals surface area contributed by atoms with Crippen molar-refractivity contribution in [1.29, 1.82) is 0 Å². The van der Waals surface area contributed by atoms with Gasteiger partial charge in [-0.15, -0.1) is 24.0 Å². The van der Waals surface area contributed by atoms with E-state index >= 15 is 0 Å². The van der Waals surface area contributed by atoms with Gasteiger partial charge in [0, 0.05) is 31.9 Å². The van der Waals surface area contributed by atoms with E-state index in [2.05, 4.69) is 39.9 Å². The van der Waals surface area contributed by atoms with E-state index in [-0.39, 0.29) is 42.5 Å². The fourth-order valence-electron chi connectivity index (χ4n) is 3.03. The molecule has 0 fully saturated rings. The van der Waals surface area contributed by atoms with Gasteiger partial charge in [0.1, 0.15) is 6.54 Å². The van der Waals surface area contributed by atoms with E-state index in [0.717, 1.165) is 24.2 Å². The van der Waals surface area contributed by atoms with Gasteiger partial charge in [0.2, 0.25) is 5.91 Å². The topological polar surface area (TPSA) is 83.3 Å². The third-order valence-corrected chi connectivity index (χ3v) is 4.61. The van der Waals surface area contributed by atoms with E-state index in [1.807, 2.05) is 55.9 Å². The highest BCUT2D eigenvalue weighted by Crippen LogP contribution is 2.14. The number of amides is 1. The average Bonchev–Trinajstić information content (AvgIpc) is 2.91. The molecule has 1 amide bonds. The van der Waals surface area contributed by atoms with Crippen molar-refractivity contribution in [3.05, 3.63) is 52.8 Å². The van der Waals surface area contributed by atoms with Crippen LogP contribution in [0, 0.1) is 13.8 Å². The number of guanidine groups is 1. The van der Waals surface area contributed by atoms with Crippen molar-refractivity contribution >= 4 is 35.8 Å². The average molecular weight is 512 g/mol. The van der Waals surface area contributed by atoms with Crippen LogP contribution in [0.4, 0.5) is 0 Å². The number of nitrogens with one attached hydrogen (secondary N) is 3. The Balaban J connectivity index is 0.00000420. The van der Waals surface area contributed by atoms with Crippen LogP contribution >= 0.6 is 24.0 Å². The Labute approximate surface area is 190 Å². The van der Waals surface area contributed by atoms with E-state index < -0.39 is 0 Å². The maximum atomic E-state index is 12.1. The zero-order valence-corrected chi connectivity index (χ0v) is 20.3. The lowest BCUT2D eigenvalue weighted by Crippen LogP contribution is -2.43. The van der Waals surface area contributed by atoms with Gasteiger partial charge < -0.3 is 16.0 Å². The van der Waals surface area contributed by atoms with Gasteiger partial charge in [-0.1, -0.05) is 30.3 Å².